The van der Waals surface area contributed by atoms with Gasteiger partial charge in [0.2, 0.25) is 23.9 Å². The van der Waals surface area contributed by atoms with Crippen molar-refractivity contribution in [2.45, 2.75) is 20.1 Å². The molecule has 0 N–H and O–H groups in total. The van der Waals surface area contributed by atoms with Crippen molar-refractivity contribution in [3.63, 3.8) is 0 Å². The van der Waals surface area contributed by atoms with Crippen LogP contribution >= 0.6 is 39.1 Å². The van der Waals surface area contributed by atoms with Gasteiger partial charge in [0.25, 0.3) is 0 Å². The van der Waals surface area contributed by atoms with E-state index in [1.165, 1.54) is 23.8 Å². The molecule has 0 fully saturated rings. The fourth-order valence-electron chi connectivity index (χ4n) is 2.73. The summed E-state index contributed by atoms with van der Waals surface area (Å²) in [6.45, 7) is 2.94. The molecule has 0 spiro atoms. The quantitative estimate of drug-likeness (QED) is 0.633. The van der Waals surface area contributed by atoms with Crippen molar-refractivity contribution in [1.29, 1.82) is 0 Å². The Kier molecular flexibility index (Phi) is 6.27. The van der Waals surface area contributed by atoms with E-state index in [0.29, 0.717) is 21.3 Å². The van der Waals surface area contributed by atoms with Crippen molar-refractivity contribution in [2.24, 2.45) is 5.10 Å². The second kappa shape index (κ2) is 8.51. The van der Waals surface area contributed by atoms with Crippen LogP contribution in [0.15, 0.2) is 52.0 Å². The second-order valence-corrected chi connectivity index (χ2v) is 7.83. The number of carbonyl (C=O) groups is 2. The molecule has 0 saturated carbocycles. The molecule has 0 saturated heterocycles. The van der Waals surface area contributed by atoms with Crippen molar-refractivity contribution >= 4 is 62.5 Å². The largest absolute Gasteiger partial charge is 0.448 e. The molecule has 0 aromatic heterocycles. The molecule has 146 valence electrons. The summed E-state index contributed by atoms with van der Waals surface area (Å²) < 4.78 is 6.79. The summed E-state index contributed by atoms with van der Waals surface area (Å²) in [4.78, 5) is 25.8. The standard InChI is InChI=1S/C19H16BrCl2N3O3/c1-11(26)24(15-6-3-13(20)4-7-15)10-18-25(12(2)27)23-19(28-18)16-8-5-14(21)9-17(16)22/h3-9,18H,10H2,1-2H3. The zero-order chi connectivity index (χ0) is 20.4. The predicted octanol–water partition coefficient (Wildman–Crippen LogP) is 4.68. The van der Waals surface area contributed by atoms with E-state index in [0.717, 1.165) is 4.47 Å². The lowest BCUT2D eigenvalue weighted by atomic mass is 10.2. The number of carbonyl (C=O) groups excluding carboxylic acids is 2. The zero-order valence-corrected chi connectivity index (χ0v) is 18.1. The smallest absolute Gasteiger partial charge is 0.243 e. The molecule has 2 aromatic carbocycles. The highest BCUT2D eigenvalue weighted by atomic mass is 79.9. The van der Waals surface area contributed by atoms with E-state index in [2.05, 4.69) is 21.0 Å². The number of nitrogens with zero attached hydrogens (tertiary/aromatic N) is 3. The third-order valence-electron chi connectivity index (χ3n) is 4.06. The molecular formula is C19H16BrCl2N3O3. The molecule has 1 aliphatic rings. The number of amides is 2. The van der Waals surface area contributed by atoms with Gasteiger partial charge in [-0.25, -0.2) is 0 Å². The predicted molar refractivity (Wildman–Crippen MR) is 113 cm³/mol. The van der Waals surface area contributed by atoms with Crippen molar-refractivity contribution in [3.8, 4) is 0 Å². The lowest BCUT2D eigenvalue weighted by Gasteiger charge is -2.27. The third kappa shape index (κ3) is 4.48. The van der Waals surface area contributed by atoms with E-state index in [1.807, 2.05) is 12.1 Å². The molecule has 0 bridgehead atoms. The van der Waals surface area contributed by atoms with Gasteiger partial charge in [-0.1, -0.05) is 39.1 Å². The number of benzene rings is 2. The van der Waals surface area contributed by atoms with Gasteiger partial charge in [-0.15, -0.1) is 5.10 Å². The van der Waals surface area contributed by atoms with Crippen LogP contribution in [-0.4, -0.2) is 35.5 Å². The van der Waals surface area contributed by atoms with E-state index in [4.69, 9.17) is 27.9 Å². The Hall–Kier alpha value is -2.09. The second-order valence-electron chi connectivity index (χ2n) is 6.07. The van der Waals surface area contributed by atoms with Crippen LogP contribution < -0.4 is 4.90 Å². The first-order valence-corrected chi connectivity index (χ1v) is 9.85. The van der Waals surface area contributed by atoms with Gasteiger partial charge in [-0.05, 0) is 42.5 Å². The highest BCUT2D eigenvalue weighted by molar-refractivity contribution is 9.10. The van der Waals surface area contributed by atoms with E-state index in [9.17, 15) is 9.59 Å². The summed E-state index contributed by atoms with van der Waals surface area (Å²) >= 11 is 15.5. The van der Waals surface area contributed by atoms with Crippen LogP contribution in [0.4, 0.5) is 5.69 Å². The lowest BCUT2D eigenvalue weighted by Crippen LogP contribution is -2.44. The Morgan fingerprint density at radius 1 is 1.18 bits per heavy atom. The fraction of sp³-hybridized carbons (Fsp3) is 0.211. The van der Waals surface area contributed by atoms with Gasteiger partial charge in [0.15, 0.2) is 0 Å². The molecule has 2 amide bonds. The molecule has 9 heteroatoms. The number of anilines is 1. The maximum absolute atomic E-state index is 12.2. The zero-order valence-electron chi connectivity index (χ0n) is 15.0. The summed E-state index contributed by atoms with van der Waals surface area (Å²) in [5, 5.41) is 6.29. The minimum atomic E-state index is -0.785. The molecule has 0 radical (unpaired) electrons. The van der Waals surface area contributed by atoms with Crippen molar-refractivity contribution in [3.05, 3.63) is 62.5 Å². The van der Waals surface area contributed by atoms with E-state index >= 15 is 0 Å². The molecule has 2 aromatic rings. The normalized spacial score (nSPS) is 15.8. The maximum Gasteiger partial charge on any atom is 0.243 e. The molecule has 1 heterocycles. The topological polar surface area (TPSA) is 62.2 Å². The Morgan fingerprint density at radius 3 is 2.43 bits per heavy atom. The first-order valence-electron chi connectivity index (χ1n) is 8.30. The van der Waals surface area contributed by atoms with Gasteiger partial charge in [0.1, 0.15) is 0 Å². The fourth-order valence-corrected chi connectivity index (χ4v) is 3.48. The minimum absolute atomic E-state index is 0.106. The first-order chi connectivity index (χ1) is 13.3. The van der Waals surface area contributed by atoms with Crippen LogP contribution in [0.2, 0.25) is 10.0 Å². The number of rotatable bonds is 4. The Balaban J connectivity index is 1.87. The van der Waals surface area contributed by atoms with Gasteiger partial charge in [-0.2, -0.15) is 5.01 Å². The monoisotopic (exact) mass is 483 g/mol. The van der Waals surface area contributed by atoms with Crippen LogP contribution in [0.1, 0.15) is 19.4 Å². The van der Waals surface area contributed by atoms with Crippen LogP contribution in [-0.2, 0) is 14.3 Å². The minimum Gasteiger partial charge on any atom is -0.448 e. The Bertz CT molecular complexity index is 950. The van der Waals surface area contributed by atoms with E-state index < -0.39 is 6.23 Å². The van der Waals surface area contributed by atoms with Gasteiger partial charge in [0.05, 0.1) is 17.1 Å². The molecule has 1 aliphatic heterocycles. The Labute approximate surface area is 180 Å². The average molecular weight is 485 g/mol. The van der Waals surface area contributed by atoms with Crippen LogP contribution in [0.5, 0.6) is 0 Å². The van der Waals surface area contributed by atoms with Gasteiger partial charge >= 0.3 is 0 Å². The lowest BCUT2D eigenvalue weighted by molar-refractivity contribution is -0.135. The van der Waals surface area contributed by atoms with Crippen molar-refractivity contribution in [1.82, 2.24) is 5.01 Å². The highest BCUT2D eigenvalue weighted by Gasteiger charge is 2.34. The van der Waals surface area contributed by atoms with Crippen molar-refractivity contribution in [2.75, 3.05) is 11.4 Å². The first kappa shape index (κ1) is 20.6. The summed E-state index contributed by atoms with van der Waals surface area (Å²) in [6, 6.07) is 12.2. The molecule has 3 rings (SSSR count). The van der Waals surface area contributed by atoms with Gasteiger partial charge in [-0.3, -0.25) is 9.59 Å². The number of ether oxygens (including phenoxy) is 1. The highest BCUT2D eigenvalue weighted by Crippen LogP contribution is 2.27. The summed E-state index contributed by atoms with van der Waals surface area (Å²) in [5.41, 5.74) is 1.19. The average Bonchev–Trinajstić information content (AvgIpc) is 3.04. The van der Waals surface area contributed by atoms with Crippen LogP contribution in [0.25, 0.3) is 0 Å². The van der Waals surface area contributed by atoms with Crippen LogP contribution in [0, 0.1) is 0 Å². The molecule has 6 nitrogen and oxygen atoms in total. The van der Waals surface area contributed by atoms with Crippen molar-refractivity contribution < 1.29 is 14.3 Å². The number of hydrogen-bond acceptors (Lipinski definition) is 4. The summed E-state index contributed by atoms with van der Waals surface area (Å²) in [7, 11) is 0. The van der Waals surface area contributed by atoms with Crippen LogP contribution in [0.3, 0.4) is 0 Å². The molecule has 28 heavy (non-hydrogen) atoms. The molecule has 1 unspecified atom stereocenters. The molecule has 0 aliphatic carbocycles. The van der Waals surface area contributed by atoms with Gasteiger partial charge < -0.3 is 9.64 Å². The van der Waals surface area contributed by atoms with E-state index in [1.54, 1.807) is 30.3 Å². The number of hydrazone groups is 1. The Morgan fingerprint density at radius 2 is 1.86 bits per heavy atom. The third-order valence-corrected chi connectivity index (χ3v) is 5.14. The SMILES string of the molecule is CC(=O)N(CC1OC(c2ccc(Cl)cc2Cl)=NN1C(C)=O)c1ccc(Br)cc1. The maximum atomic E-state index is 12.2. The molecule has 1 atom stereocenters. The van der Waals surface area contributed by atoms with Gasteiger partial charge in [0, 0.05) is 29.0 Å². The number of hydrogen-bond donors (Lipinski definition) is 0. The van der Waals surface area contributed by atoms with E-state index in [-0.39, 0.29) is 24.3 Å². The summed E-state index contributed by atoms with van der Waals surface area (Å²) in [5.74, 6) is -0.307. The number of halogens is 3. The summed E-state index contributed by atoms with van der Waals surface area (Å²) in [6.07, 6.45) is -0.785. The molecular weight excluding hydrogens is 469 g/mol.